The van der Waals surface area contributed by atoms with Gasteiger partial charge in [-0.1, -0.05) is 6.07 Å². The maximum absolute atomic E-state index is 12.5. The van der Waals surface area contributed by atoms with Gasteiger partial charge in [0.05, 0.1) is 16.7 Å². The van der Waals surface area contributed by atoms with Crippen LogP contribution in [0.1, 0.15) is 29.6 Å². The van der Waals surface area contributed by atoms with E-state index in [1.807, 2.05) is 4.90 Å². The molecule has 0 amide bonds. The summed E-state index contributed by atoms with van der Waals surface area (Å²) in [6.07, 6.45) is 6.13. The number of carbonyl (C=O) groups excluding carboxylic acids is 1. The normalized spacial score (nSPS) is 14.7. The molecule has 140 valence electrons. The van der Waals surface area contributed by atoms with E-state index in [-0.39, 0.29) is 22.7 Å². The van der Waals surface area contributed by atoms with Gasteiger partial charge in [-0.15, -0.1) is 0 Å². The Morgan fingerprint density at radius 1 is 1.07 bits per heavy atom. The topological polar surface area (TPSA) is 94.7 Å². The minimum absolute atomic E-state index is 0.103. The van der Waals surface area contributed by atoms with Gasteiger partial charge in [-0.3, -0.25) is 19.5 Å². The molecule has 3 rings (SSSR count). The third-order valence-corrected chi connectivity index (χ3v) is 4.28. The molecule has 1 aliphatic rings. The summed E-state index contributed by atoms with van der Waals surface area (Å²) in [5.74, 6) is -0.350. The summed E-state index contributed by atoms with van der Waals surface area (Å²) in [6.45, 7) is 1.45. The molecule has 1 aliphatic heterocycles. The second kappa shape index (κ2) is 8.31. The Labute approximate surface area is 155 Å². The number of nitro benzene ring substituents is 1. The van der Waals surface area contributed by atoms with Crippen LogP contribution in [0.2, 0.25) is 0 Å². The number of esters is 1. The van der Waals surface area contributed by atoms with Crippen molar-refractivity contribution in [2.45, 2.75) is 19.3 Å². The number of likely N-dealkylation sites (tertiary alicyclic amines) is 1. The monoisotopic (exact) mass is 369 g/mol. The third-order valence-electron chi connectivity index (χ3n) is 4.28. The van der Waals surface area contributed by atoms with E-state index in [9.17, 15) is 19.7 Å². The third kappa shape index (κ3) is 4.60. The molecule has 0 saturated carbocycles. The van der Waals surface area contributed by atoms with Gasteiger partial charge in [-0.05, 0) is 37.5 Å². The smallest absolute Gasteiger partial charge is 0.344 e. The fourth-order valence-corrected chi connectivity index (χ4v) is 2.83. The molecule has 0 atom stereocenters. The fourth-order valence-electron chi connectivity index (χ4n) is 2.83. The number of nitro groups is 1. The molecule has 2 heterocycles. The Morgan fingerprint density at radius 3 is 2.41 bits per heavy atom. The lowest BCUT2D eigenvalue weighted by molar-refractivity contribution is -0.384. The van der Waals surface area contributed by atoms with E-state index in [1.165, 1.54) is 41.1 Å². The standard InChI is InChI=1S/C19H19N3O5/c23-17-6-2-5-13-21(17)14-18(20-11-3-1-4-12-20)27-19(24)15-7-9-16(10-8-15)22(25)26/h2,5-10,13-14H,1,3-4,11-12H2/b18-14-. The summed E-state index contributed by atoms with van der Waals surface area (Å²) in [4.78, 5) is 36.6. The Hall–Kier alpha value is -3.42. The van der Waals surface area contributed by atoms with E-state index in [1.54, 1.807) is 18.3 Å². The van der Waals surface area contributed by atoms with Crippen LogP contribution in [0.25, 0.3) is 6.20 Å². The van der Waals surface area contributed by atoms with Crippen molar-refractivity contribution >= 4 is 17.9 Å². The Bertz CT molecular complexity index is 911. The van der Waals surface area contributed by atoms with Crippen LogP contribution < -0.4 is 5.56 Å². The lowest BCUT2D eigenvalue weighted by Gasteiger charge is -2.29. The summed E-state index contributed by atoms with van der Waals surface area (Å²) in [7, 11) is 0. The number of non-ortho nitro benzene ring substituents is 1. The molecule has 1 fully saturated rings. The fraction of sp³-hybridized carbons (Fsp3) is 0.263. The molecule has 1 saturated heterocycles. The highest BCUT2D eigenvalue weighted by Gasteiger charge is 2.19. The van der Waals surface area contributed by atoms with Crippen LogP contribution in [0, 0.1) is 10.1 Å². The number of carbonyl (C=O) groups is 1. The van der Waals surface area contributed by atoms with Gasteiger partial charge in [-0.2, -0.15) is 0 Å². The lowest BCUT2D eigenvalue weighted by Crippen LogP contribution is -2.32. The first kappa shape index (κ1) is 18.4. The largest absolute Gasteiger partial charge is 0.404 e. The van der Waals surface area contributed by atoms with E-state index in [0.29, 0.717) is 0 Å². The first-order chi connectivity index (χ1) is 13.0. The number of piperidine rings is 1. The molecule has 0 aliphatic carbocycles. The summed E-state index contributed by atoms with van der Waals surface area (Å²) in [6, 6.07) is 9.97. The van der Waals surface area contributed by atoms with Crippen LogP contribution >= 0.6 is 0 Å². The first-order valence-electron chi connectivity index (χ1n) is 8.65. The number of nitrogens with zero attached hydrogens (tertiary/aromatic N) is 3. The summed E-state index contributed by atoms with van der Waals surface area (Å²) >= 11 is 0. The van der Waals surface area contributed by atoms with E-state index in [4.69, 9.17) is 4.74 Å². The SMILES string of the molecule is O=C(O/C(=C\n1ccccc1=O)N1CCCCC1)c1ccc([N+](=O)[O-])cc1. The Kier molecular flexibility index (Phi) is 5.65. The maximum Gasteiger partial charge on any atom is 0.344 e. The van der Waals surface area contributed by atoms with Crippen molar-refractivity contribution in [3.8, 4) is 0 Å². The molecule has 0 unspecified atom stereocenters. The second-order valence-corrected chi connectivity index (χ2v) is 6.15. The Morgan fingerprint density at radius 2 is 1.78 bits per heavy atom. The van der Waals surface area contributed by atoms with Gasteiger partial charge >= 0.3 is 5.97 Å². The van der Waals surface area contributed by atoms with Crippen LogP contribution in [0.4, 0.5) is 5.69 Å². The molecular formula is C19H19N3O5. The van der Waals surface area contributed by atoms with Crippen LogP contribution in [0.3, 0.4) is 0 Å². The van der Waals surface area contributed by atoms with Crippen LogP contribution in [0.5, 0.6) is 0 Å². The van der Waals surface area contributed by atoms with Crippen molar-refractivity contribution in [3.63, 3.8) is 0 Å². The molecular weight excluding hydrogens is 350 g/mol. The maximum atomic E-state index is 12.5. The van der Waals surface area contributed by atoms with Crippen molar-refractivity contribution in [3.05, 3.63) is 80.6 Å². The molecule has 0 bridgehead atoms. The van der Waals surface area contributed by atoms with E-state index < -0.39 is 10.9 Å². The highest BCUT2D eigenvalue weighted by atomic mass is 16.6. The minimum Gasteiger partial charge on any atom is -0.404 e. The molecule has 27 heavy (non-hydrogen) atoms. The summed E-state index contributed by atoms with van der Waals surface area (Å²) in [5, 5.41) is 10.7. The summed E-state index contributed by atoms with van der Waals surface area (Å²) < 4.78 is 6.91. The zero-order valence-electron chi connectivity index (χ0n) is 14.6. The van der Waals surface area contributed by atoms with Crippen molar-refractivity contribution < 1.29 is 14.5 Å². The molecule has 1 aromatic carbocycles. The van der Waals surface area contributed by atoms with Gasteiger partial charge in [0.15, 0.2) is 0 Å². The lowest BCUT2D eigenvalue weighted by atomic mass is 10.1. The number of ether oxygens (including phenoxy) is 1. The average Bonchev–Trinajstić information content (AvgIpc) is 2.69. The number of aromatic nitrogens is 1. The second-order valence-electron chi connectivity index (χ2n) is 6.15. The van der Waals surface area contributed by atoms with Gasteiger partial charge in [0.25, 0.3) is 11.2 Å². The number of pyridine rings is 1. The molecule has 8 heteroatoms. The van der Waals surface area contributed by atoms with Crippen LogP contribution in [-0.4, -0.2) is 33.4 Å². The highest BCUT2D eigenvalue weighted by molar-refractivity contribution is 5.90. The summed E-state index contributed by atoms with van der Waals surface area (Å²) in [5.41, 5.74) is -0.142. The van der Waals surface area contributed by atoms with Crippen LogP contribution in [-0.2, 0) is 4.74 Å². The van der Waals surface area contributed by atoms with E-state index in [2.05, 4.69) is 0 Å². The van der Waals surface area contributed by atoms with Crippen LogP contribution in [0.15, 0.2) is 59.3 Å². The molecule has 8 nitrogen and oxygen atoms in total. The number of benzene rings is 1. The van der Waals surface area contributed by atoms with Crippen molar-refractivity contribution in [2.24, 2.45) is 0 Å². The quantitative estimate of drug-likeness (QED) is 0.348. The molecule has 2 aromatic rings. The first-order valence-corrected chi connectivity index (χ1v) is 8.65. The number of hydrogen-bond donors (Lipinski definition) is 0. The van der Waals surface area contributed by atoms with Gasteiger partial charge in [-0.25, -0.2) is 4.79 Å². The zero-order chi connectivity index (χ0) is 19.2. The average molecular weight is 369 g/mol. The predicted molar refractivity (Wildman–Crippen MR) is 98.9 cm³/mol. The highest BCUT2D eigenvalue weighted by Crippen LogP contribution is 2.19. The van der Waals surface area contributed by atoms with Gasteiger partial charge in [0.1, 0.15) is 0 Å². The van der Waals surface area contributed by atoms with Crippen molar-refractivity contribution in [1.82, 2.24) is 9.47 Å². The van der Waals surface area contributed by atoms with Gasteiger partial charge < -0.3 is 9.64 Å². The molecule has 0 spiro atoms. The number of hydrogen-bond acceptors (Lipinski definition) is 6. The van der Waals surface area contributed by atoms with Gasteiger partial charge in [0, 0.05) is 37.5 Å². The number of rotatable bonds is 5. The van der Waals surface area contributed by atoms with Crippen molar-refractivity contribution in [1.29, 1.82) is 0 Å². The Balaban J connectivity index is 1.86. The molecule has 0 radical (unpaired) electrons. The zero-order valence-corrected chi connectivity index (χ0v) is 14.6. The van der Waals surface area contributed by atoms with E-state index in [0.717, 1.165) is 32.4 Å². The minimum atomic E-state index is -0.634. The predicted octanol–water partition coefficient (Wildman–Crippen LogP) is 2.86. The van der Waals surface area contributed by atoms with Gasteiger partial charge in [0.2, 0.25) is 5.88 Å². The van der Waals surface area contributed by atoms with Crippen molar-refractivity contribution in [2.75, 3.05) is 13.1 Å². The molecule has 1 aromatic heterocycles. The van der Waals surface area contributed by atoms with E-state index >= 15 is 0 Å². The molecule has 0 N–H and O–H groups in total.